The van der Waals surface area contributed by atoms with Gasteiger partial charge in [0.25, 0.3) is 0 Å². The summed E-state index contributed by atoms with van der Waals surface area (Å²) in [5.74, 6) is 0.454. The molecule has 0 bridgehead atoms. The Bertz CT molecular complexity index is 175. The summed E-state index contributed by atoms with van der Waals surface area (Å²) in [7, 11) is 0. The highest BCUT2D eigenvalue weighted by molar-refractivity contribution is 5.86. The van der Waals surface area contributed by atoms with Crippen LogP contribution in [0.15, 0.2) is 17.8 Å². The van der Waals surface area contributed by atoms with Gasteiger partial charge in [-0.15, -0.1) is 6.58 Å². The van der Waals surface area contributed by atoms with Crippen LogP contribution in [0.1, 0.15) is 38.5 Å². The maximum Gasteiger partial charge on any atom is 0.0604 e. The third-order valence-corrected chi connectivity index (χ3v) is 2.54. The van der Waals surface area contributed by atoms with Gasteiger partial charge in [-0.05, 0) is 25.7 Å². The van der Waals surface area contributed by atoms with Crippen LogP contribution >= 0.6 is 0 Å². The molecule has 0 saturated heterocycles. The molecule has 1 rings (SSSR count). The molecular weight excluding hydrogens is 150 g/mol. The van der Waals surface area contributed by atoms with E-state index in [1.807, 2.05) is 6.08 Å². The normalized spacial score (nSPS) is 28.3. The number of oxime groups is 1. The molecule has 1 unspecified atom stereocenters. The largest absolute Gasteiger partial charge is 0.411 e. The van der Waals surface area contributed by atoms with Crippen LogP contribution in [0.3, 0.4) is 0 Å². The molecule has 2 nitrogen and oxygen atoms in total. The standard InChI is InChI=1S/C10H17NO/c1-2-6-9-7-4-3-5-8-10(9)11-12/h2,9,12H,1,3-8H2/b11-10+. The fraction of sp³-hybridized carbons (Fsp3) is 0.700. The minimum atomic E-state index is 0.454. The van der Waals surface area contributed by atoms with E-state index in [-0.39, 0.29) is 0 Å². The molecule has 68 valence electrons. The van der Waals surface area contributed by atoms with Crippen molar-refractivity contribution in [1.29, 1.82) is 0 Å². The molecule has 0 aromatic heterocycles. The molecule has 0 aromatic carbocycles. The lowest BCUT2D eigenvalue weighted by molar-refractivity contribution is 0.313. The summed E-state index contributed by atoms with van der Waals surface area (Å²) in [4.78, 5) is 0. The maximum atomic E-state index is 8.77. The second-order valence-electron chi connectivity index (χ2n) is 3.41. The number of allylic oxidation sites excluding steroid dienone is 1. The van der Waals surface area contributed by atoms with E-state index < -0.39 is 0 Å². The highest BCUT2D eigenvalue weighted by Gasteiger charge is 2.17. The Morgan fingerprint density at radius 3 is 3.00 bits per heavy atom. The van der Waals surface area contributed by atoms with Crippen molar-refractivity contribution < 1.29 is 5.21 Å². The molecule has 1 aliphatic rings. The smallest absolute Gasteiger partial charge is 0.0604 e. The summed E-state index contributed by atoms with van der Waals surface area (Å²) in [5.41, 5.74) is 0.979. The van der Waals surface area contributed by atoms with E-state index in [0.717, 1.165) is 25.0 Å². The van der Waals surface area contributed by atoms with Crippen LogP contribution in [0.4, 0.5) is 0 Å². The molecule has 1 N–H and O–H groups in total. The molecule has 0 spiro atoms. The topological polar surface area (TPSA) is 32.6 Å². The molecule has 0 aliphatic heterocycles. The zero-order valence-corrected chi connectivity index (χ0v) is 7.50. The summed E-state index contributed by atoms with van der Waals surface area (Å²) in [6.45, 7) is 3.72. The Kier molecular flexibility index (Phi) is 3.85. The number of rotatable bonds is 2. The lowest BCUT2D eigenvalue weighted by Crippen LogP contribution is -2.11. The third-order valence-electron chi connectivity index (χ3n) is 2.54. The lowest BCUT2D eigenvalue weighted by Gasteiger charge is -2.11. The van der Waals surface area contributed by atoms with Gasteiger partial charge in [-0.25, -0.2) is 0 Å². The van der Waals surface area contributed by atoms with Crippen molar-refractivity contribution in [2.24, 2.45) is 11.1 Å². The van der Waals surface area contributed by atoms with Crippen LogP contribution in [0, 0.1) is 5.92 Å². The van der Waals surface area contributed by atoms with Crippen LogP contribution in [0.5, 0.6) is 0 Å². The van der Waals surface area contributed by atoms with Gasteiger partial charge in [0.2, 0.25) is 0 Å². The van der Waals surface area contributed by atoms with Crippen LogP contribution in [-0.2, 0) is 0 Å². The summed E-state index contributed by atoms with van der Waals surface area (Å²) in [5, 5.41) is 12.1. The SMILES string of the molecule is C=CCC1CCCCC/C1=N\O. The van der Waals surface area contributed by atoms with Crippen molar-refractivity contribution in [3.8, 4) is 0 Å². The molecule has 0 amide bonds. The van der Waals surface area contributed by atoms with Gasteiger partial charge < -0.3 is 5.21 Å². The Hall–Kier alpha value is -0.790. The van der Waals surface area contributed by atoms with Gasteiger partial charge in [-0.2, -0.15) is 0 Å². The van der Waals surface area contributed by atoms with E-state index in [1.54, 1.807) is 0 Å². The van der Waals surface area contributed by atoms with Crippen LogP contribution in [0.2, 0.25) is 0 Å². The van der Waals surface area contributed by atoms with Crippen molar-refractivity contribution in [2.45, 2.75) is 38.5 Å². The monoisotopic (exact) mass is 167 g/mol. The lowest BCUT2D eigenvalue weighted by atomic mass is 9.95. The van der Waals surface area contributed by atoms with E-state index >= 15 is 0 Å². The van der Waals surface area contributed by atoms with Crippen LogP contribution in [0.25, 0.3) is 0 Å². The van der Waals surface area contributed by atoms with Crippen molar-refractivity contribution >= 4 is 5.71 Å². The average molecular weight is 167 g/mol. The van der Waals surface area contributed by atoms with E-state index in [2.05, 4.69) is 11.7 Å². The number of nitrogens with zero attached hydrogens (tertiary/aromatic N) is 1. The van der Waals surface area contributed by atoms with E-state index in [9.17, 15) is 0 Å². The summed E-state index contributed by atoms with van der Waals surface area (Å²) in [6.07, 6.45) is 8.71. The zero-order valence-electron chi connectivity index (χ0n) is 7.50. The van der Waals surface area contributed by atoms with Gasteiger partial charge in [0, 0.05) is 5.92 Å². The molecule has 1 aliphatic carbocycles. The van der Waals surface area contributed by atoms with E-state index in [1.165, 1.54) is 19.3 Å². The molecule has 2 heteroatoms. The molecule has 1 atom stereocenters. The molecule has 0 radical (unpaired) electrons. The number of hydrogen-bond donors (Lipinski definition) is 1. The van der Waals surface area contributed by atoms with Gasteiger partial charge in [0.05, 0.1) is 5.71 Å². The summed E-state index contributed by atoms with van der Waals surface area (Å²) >= 11 is 0. The highest BCUT2D eigenvalue weighted by atomic mass is 16.4. The second-order valence-corrected chi connectivity index (χ2v) is 3.41. The van der Waals surface area contributed by atoms with Crippen molar-refractivity contribution in [2.75, 3.05) is 0 Å². The predicted octanol–water partition coefficient (Wildman–Crippen LogP) is 2.97. The van der Waals surface area contributed by atoms with Crippen molar-refractivity contribution in [3.05, 3.63) is 12.7 Å². The first kappa shape index (κ1) is 9.30. The second kappa shape index (κ2) is 4.96. The van der Waals surface area contributed by atoms with Gasteiger partial charge in [0.1, 0.15) is 0 Å². The van der Waals surface area contributed by atoms with E-state index in [0.29, 0.717) is 5.92 Å². The molecule has 1 saturated carbocycles. The van der Waals surface area contributed by atoms with Gasteiger partial charge >= 0.3 is 0 Å². The highest BCUT2D eigenvalue weighted by Crippen LogP contribution is 2.23. The minimum Gasteiger partial charge on any atom is -0.411 e. The Balaban J connectivity index is 2.57. The summed E-state index contributed by atoms with van der Waals surface area (Å²) in [6, 6.07) is 0. The number of hydrogen-bond acceptors (Lipinski definition) is 2. The minimum absolute atomic E-state index is 0.454. The fourth-order valence-corrected chi connectivity index (χ4v) is 1.83. The predicted molar refractivity (Wildman–Crippen MR) is 50.6 cm³/mol. The van der Waals surface area contributed by atoms with Crippen molar-refractivity contribution in [1.82, 2.24) is 0 Å². The van der Waals surface area contributed by atoms with Crippen molar-refractivity contribution in [3.63, 3.8) is 0 Å². The van der Waals surface area contributed by atoms with Gasteiger partial charge in [-0.1, -0.05) is 24.1 Å². The zero-order chi connectivity index (χ0) is 8.81. The van der Waals surface area contributed by atoms with Crippen LogP contribution in [-0.4, -0.2) is 10.9 Å². The molecular formula is C10H17NO. The third kappa shape index (κ3) is 2.36. The Labute approximate surface area is 74.0 Å². The summed E-state index contributed by atoms with van der Waals surface area (Å²) < 4.78 is 0. The molecule has 0 aromatic rings. The van der Waals surface area contributed by atoms with Crippen LogP contribution < -0.4 is 0 Å². The van der Waals surface area contributed by atoms with Gasteiger partial charge in [0.15, 0.2) is 0 Å². The van der Waals surface area contributed by atoms with Gasteiger partial charge in [-0.3, -0.25) is 0 Å². The first-order valence-electron chi connectivity index (χ1n) is 4.70. The Morgan fingerprint density at radius 1 is 1.50 bits per heavy atom. The fourth-order valence-electron chi connectivity index (χ4n) is 1.83. The quantitative estimate of drug-likeness (QED) is 0.291. The molecule has 0 heterocycles. The molecule has 1 fully saturated rings. The Morgan fingerprint density at radius 2 is 2.33 bits per heavy atom. The first-order chi connectivity index (χ1) is 5.88. The first-order valence-corrected chi connectivity index (χ1v) is 4.70. The van der Waals surface area contributed by atoms with E-state index in [4.69, 9.17) is 5.21 Å². The molecule has 12 heavy (non-hydrogen) atoms. The maximum absolute atomic E-state index is 8.77. The average Bonchev–Trinajstić information content (AvgIpc) is 2.30.